The lowest BCUT2D eigenvalue weighted by atomic mass is 10.2. The summed E-state index contributed by atoms with van der Waals surface area (Å²) in [6.45, 7) is 7.62. The van der Waals surface area contributed by atoms with Gasteiger partial charge in [-0.25, -0.2) is 0 Å². The standard InChI is InChI=1S/C17H23N3O/c1-13(2)19-11-15-12-20-14(3)10-17(15)21-9-7-16-6-4-5-8-18-16/h4-6,8,10,12-13,19H,7,9,11H2,1-3H3. The molecule has 0 radical (unpaired) electrons. The van der Waals surface area contributed by atoms with Gasteiger partial charge >= 0.3 is 0 Å². The van der Waals surface area contributed by atoms with Crippen molar-refractivity contribution in [2.45, 2.75) is 39.8 Å². The Morgan fingerprint density at radius 1 is 1.24 bits per heavy atom. The topological polar surface area (TPSA) is 47.0 Å². The second-order valence-corrected chi connectivity index (χ2v) is 5.39. The Bertz CT molecular complexity index is 555. The molecule has 0 spiro atoms. The first-order valence-electron chi connectivity index (χ1n) is 7.37. The van der Waals surface area contributed by atoms with Crippen molar-refractivity contribution in [3.63, 3.8) is 0 Å². The molecule has 21 heavy (non-hydrogen) atoms. The number of nitrogens with one attached hydrogen (secondary N) is 1. The van der Waals surface area contributed by atoms with Gasteiger partial charge in [-0.2, -0.15) is 0 Å². The number of nitrogens with zero attached hydrogens (tertiary/aromatic N) is 2. The second-order valence-electron chi connectivity index (χ2n) is 5.39. The van der Waals surface area contributed by atoms with Crippen molar-refractivity contribution in [3.8, 4) is 5.75 Å². The maximum absolute atomic E-state index is 5.93. The molecule has 0 aromatic carbocycles. The predicted molar refractivity (Wildman–Crippen MR) is 84.4 cm³/mol. The average molecular weight is 285 g/mol. The van der Waals surface area contributed by atoms with Crippen LogP contribution >= 0.6 is 0 Å². The van der Waals surface area contributed by atoms with Gasteiger partial charge in [0.05, 0.1) is 6.61 Å². The summed E-state index contributed by atoms with van der Waals surface area (Å²) in [6.07, 6.45) is 4.50. The zero-order valence-electron chi connectivity index (χ0n) is 13.0. The Balaban J connectivity index is 1.96. The molecule has 0 atom stereocenters. The Morgan fingerprint density at radius 2 is 2.10 bits per heavy atom. The van der Waals surface area contributed by atoms with Crippen molar-refractivity contribution in [1.29, 1.82) is 0 Å². The molecule has 112 valence electrons. The summed E-state index contributed by atoms with van der Waals surface area (Å²) in [6, 6.07) is 8.37. The molecule has 2 aromatic heterocycles. The van der Waals surface area contributed by atoms with E-state index in [1.807, 2.05) is 43.6 Å². The monoisotopic (exact) mass is 285 g/mol. The normalized spacial score (nSPS) is 10.9. The SMILES string of the molecule is Cc1cc(OCCc2ccccn2)c(CNC(C)C)cn1. The minimum Gasteiger partial charge on any atom is -0.493 e. The van der Waals surface area contributed by atoms with E-state index in [0.29, 0.717) is 12.6 Å². The third-order valence-corrected chi connectivity index (χ3v) is 3.12. The van der Waals surface area contributed by atoms with Crippen LogP contribution in [0.2, 0.25) is 0 Å². The van der Waals surface area contributed by atoms with Crippen LogP contribution in [0.25, 0.3) is 0 Å². The summed E-state index contributed by atoms with van der Waals surface area (Å²) in [5, 5.41) is 3.40. The maximum Gasteiger partial charge on any atom is 0.127 e. The number of pyridine rings is 2. The highest BCUT2D eigenvalue weighted by atomic mass is 16.5. The predicted octanol–water partition coefficient (Wildman–Crippen LogP) is 2.90. The molecule has 2 aromatic rings. The molecule has 1 N–H and O–H groups in total. The van der Waals surface area contributed by atoms with Crippen LogP contribution in [0.5, 0.6) is 5.75 Å². The van der Waals surface area contributed by atoms with Gasteiger partial charge in [-0.05, 0) is 19.1 Å². The molecule has 0 saturated carbocycles. The summed E-state index contributed by atoms with van der Waals surface area (Å²) >= 11 is 0. The Morgan fingerprint density at radius 3 is 2.81 bits per heavy atom. The highest BCUT2D eigenvalue weighted by molar-refractivity contribution is 5.32. The minimum atomic E-state index is 0.438. The fraction of sp³-hybridized carbons (Fsp3) is 0.412. The number of hydrogen-bond donors (Lipinski definition) is 1. The van der Waals surface area contributed by atoms with Crippen molar-refractivity contribution in [2.75, 3.05) is 6.61 Å². The molecule has 2 rings (SSSR count). The lowest BCUT2D eigenvalue weighted by Crippen LogP contribution is -2.22. The van der Waals surface area contributed by atoms with Crippen molar-refractivity contribution >= 4 is 0 Å². The summed E-state index contributed by atoms with van der Waals surface area (Å²) in [5.74, 6) is 0.909. The number of rotatable bonds is 7. The van der Waals surface area contributed by atoms with E-state index in [0.717, 1.165) is 35.7 Å². The fourth-order valence-corrected chi connectivity index (χ4v) is 1.96. The highest BCUT2D eigenvalue weighted by Gasteiger charge is 2.06. The fourth-order valence-electron chi connectivity index (χ4n) is 1.96. The lowest BCUT2D eigenvalue weighted by molar-refractivity contribution is 0.315. The molecule has 4 nitrogen and oxygen atoms in total. The first-order chi connectivity index (χ1) is 10.1. The molecule has 0 bridgehead atoms. The maximum atomic E-state index is 5.93. The Hall–Kier alpha value is -1.94. The van der Waals surface area contributed by atoms with E-state index in [1.165, 1.54) is 0 Å². The molecular formula is C17H23N3O. The zero-order chi connectivity index (χ0) is 15.1. The van der Waals surface area contributed by atoms with Gasteiger partial charge < -0.3 is 10.1 Å². The molecule has 0 aliphatic rings. The van der Waals surface area contributed by atoms with Crippen LogP contribution in [0.15, 0.2) is 36.7 Å². The van der Waals surface area contributed by atoms with Crippen LogP contribution in [-0.2, 0) is 13.0 Å². The highest BCUT2D eigenvalue weighted by Crippen LogP contribution is 2.19. The smallest absolute Gasteiger partial charge is 0.127 e. The van der Waals surface area contributed by atoms with Gasteiger partial charge in [0, 0.05) is 54.4 Å². The number of hydrogen-bond acceptors (Lipinski definition) is 4. The van der Waals surface area contributed by atoms with Gasteiger partial charge in [0.2, 0.25) is 0 Å². The van der Waals surface area contributed by atoms with Gasteiger partial charge in [0.15, 0.2) is 0 Å². The molecule has 2 heterocycles. The number of aromatic nitrogens is 2. The van der Waals surface area contributed by atoms with Gasteiger partial charge in [-0.15, -0.1) is 0 Å². The van der Waals surface area contributed by atoms with E-state index >= 15 is 0 Å². The third-order valence-electron chi connectivity index (χ3n) is 3.12. The van der Waals surface area contributed by atoms with Crippen LogP contribution < -0.4 is 10.1 Å². The molecule has 0 fully saturated rings. The van der Waals surface area contributed by atoms with Crippen LogP contribution in [0.4, 0.5) is 0 Å². The van der Waals surface area contributed by atoms with Gasteiger partial charge in [-0.1, -0.05) is 19.9 Å². The van der Waals surface area contributed by atoms with Crippen LogP contribution in [-0.4, -0.2) is 22.6 Å². The molecule has 0 saturated heterocycles. The summed E-state index contributed by atoms with van der Waals surface area (Å²) in [7, 11) is 0. The van der Waals surface area contributed by atoms with Crippen molar-refractivity contribution < 1.29 is 4.74 Å². The molecule has 0 unspecified atom stereocenters. The Kier molecular flexibility index (Phi) is 5.69. The van der Waals surface area contributed by atoms with Crippen LogP contribution in [0, 0.1) is 6.92 Å². The quantitative estimate of drug-likeness (QED) is 0.849. The van der Waals surface area contributed by atoms with E-state index in [4.69, 9.17) is 4.74 Å². The molecule has 0 amide bonds. The van der Waals surface area contributed by atoms with E-state index in [2.05, 4.69) is 29.1 Å². The Labute approximate surface area is 126 Å². The van der Waals surface area contributed by atoms with Crippen LogP contribution in [0.3, 0.4) is 0 Å². The zero-order valence-corrected chi connectivity index (χ0v) is 13.0. The van der Waals surface area contributed by atoms with Crippen molar-refractivity contribution in [2.24, 2.45) is 0 Å². The summed E-state index contributed by atoms with van der Waals surface area (Å²) < 4.78 is 5.93. The lowest BCUT2D eigenvalue weighted by Gasteiger charge is -2.14. The minimum absolute atomic E-state index is 0.438. The van der Waals surface area contributed by atoms with Gasteiger partial charge in [0.25, 0.3) is 0 Å². The summed E-state index contributed by atoms with van der Waals surface area (Å²) in [4.78, 5) is 8.66. The number of ether oxygens (including phenoxy) is 1. The molecule has 0 aliphatic heterocycles. The van der Waals surface area contributed by atoms with Crippen LogP contribution in [0.1, 0.15) is 30.8 Å². The first kappa shape index (κ1) is 15.4. The van der Waals surface area contributed by atoms with Gasteiger partial charge in [-0.3, -0.25) is 9.97 Å². The van der Waals surface area contributed by atoms with E-state index in [-0.39, 0.29) is 0 Å². The van der Waals surface area contributed by atoms with Crippen molar-refractivity contribution in [3.05, 3.63) is 53.6 Å². The number of aryl methyl sites for hydroxylation is 1. The van der Waals surface area contributed by atoms with E-state index < -0.39 is 0 Å². The largest absolute Gasteiger partial charge is 0.493 e. The van der Waals surface area contributed by atoms with E-state index in [1.54, 1.807) is 0 Å². The molecular weight excluding hydrogens is 262 g/mol. The van der Waals surface area contributed by atoms with E-state index in [9.17, 15) is 0 Å². The second kappa shape index (κ2) is 7.74. The molecule has 4 heteroatoms. The third kappa shape index (κ3) is 5.16. The van der Waals surface area contributed by atoms with Crippen molar-refractivity contribution in [1.82, 2.24) is 15.3 Å². The average Bonchev–Trinajstić information content (AvgIpc) is 2.47. The van der Waals surface area contributed by atoms with Gasteiger partial charge in [0.1, 0.15) is 5.75 Å². The first-order valence-corrected chi connectivity index (χ1v) is 7.37. The molecule has 0 aliphatic carbocycles. The summed E-state index contributed by atoms with van der Waals surface area (Å²) in [5.41, 5.74) is 3.11.